The van der Waals surface area contributed by atoms with Crippen molar-refractivity contribution in [3.63, 3.8) is 0 Å². The number of phenolic OH excluding ortho intramolecular Hbond substituents is 4. The molecule has 0 aliphatic rings. The van der Waals surface area contributed by atoms with Crippen LogP contribution in [0.5, 0.6) is 23.0 Å². The van der Waals surface area contributed by atoms with Crippen molar-refractivity contribution in [3.8, 4) is 34.1 Å². The quantitative estimate of drug-likeness (QED) is 0.0871. The fourth-order valence-electron chi connectivity index (χ4n) is 5.23. The van der Waals surface area contributed by atoms with Crippen LogP contribution in [-0.4, -0.2) is 32.9 Å². The summed E-state index contributed by atoms with van der Waals surface area (Å²) in [6.45, 7) is 0. The Bertz CT molecular complexity index is 2330. The standard InChI is InChI=1S/C40H32N4O4/c41-33-22-25(17-18-34(33)43-23-28-11-3-7-15-37(28)47)31-21-30(19-26-9-1-5-13-35(26)45)40(44-24-29-12-4-8-16-38(29)48)39(42)32(31)20-27-10-2-6-14-36(27)46/h1-24,45-48H,41-42H2. The molecule has 8 N–H and O–H groups in total. The number of para-hydroxylation sites is 4. The van der Waals surface area contributed by atoms with Crippen LogP contribution in [0.2, 0.25) is 0 Å². The Hall–Kier alpha value is -6.80. The van der Waals surface area contributed by atoms with Crippen LogP contribution in [0.15, 0.2) is 131 Å². The molecule has 0 radical (unpaired) electrons. The molecule has 0 aromatic heterocycles. The van der Waals surface area contributed by atoms with E-state index in [2.05, 4.69) is 4.99 Å². The van der Waals surface area contributed by atoms with Crippen LogP contribution in [0.1, 0.15) is 22.3 Å². The molecule has 0 amide bonds. The topological polar surface area (TPSA) is 158 Å². The summed E-state index contributed by atoms with van der Waals surface area (Å²) in [7, 11) is 0. The second kappa shape index (κ2) is 13.7. The molecule has 0 unspecified atom stereocenters. The van der Waals surface area contributed by atoms with Crippen LogP contribution in [0, 0.1) is 0 Å². The normalized spacial score (nSPS) is 12.3. The number of nitrogen functional groups attached to an aromatic ring is 2. The van der Waals surface area contributed by atoms with E-state index in [1.54, 1.807) is 115 Å². The zero-order chi connectivity index (χ0) is 33.6. The van der Waals surface area contributed by atoms with E-state index < -0.39 is 0 Å². The average molecular weight is 633 g/mol. The molecule has 6 aromatic carbocycles. The molecule has 0 heterocycles. The number of benzene rings is 6. The maximum atomic E-state index is 10.7. The van der Waals surface area contributed by atoms with Gasteiger partial charge in [0.05, 0.1) is 22.7 Å². The maximum absolute atomic E-state index is 10.7. The van der Waals surface area contributed by atoms with Crippen molar-refractivity contribution in [2.24, 2.45) is 9.98 Å². The molecule has 0 fully saturated rings. The summed E-state index contributed by atoms with van der Waals surface area (Å²) < 4.78 is 0. The SMILES string of the molecule is Nc1cc(-c2cc(=Cc3ccccc3O)c(N=Cc3ccccc3O)c(N)c2=Cc2ccccc2O)ccc1N=Cc1ccccc1O. The molecule has 8 nitrogen and oxygen atoms in total. The van der Waals surface area contributed by atoms with Crippen molar-refractivity contribution in [3.05, 3.63) is 154 Å². The van der Waals surface area contributed by atoms with Gasteiger partial charge >= 0.3 is 0 Å². The minimum atomic E-state index is 0.0596. The van der Waals surface area contributed by atoms with Crippen LogP contribution in [0.4, 0.5) is 22.7 Å². The molecule has 0 aliphatic carbocycles. The second-order valence-corrected chi connectivity index (χ2v) is 11.0. The van der Waals surface area contributed by atoms with E-state index in [-0.39, 0.29) is 23.0 Å². The second-order valence-electron chi connectivity index (χ2n) is 11.0. The maximum Gasteiger partial charge on any atom is 0.124 e. The fraction of sp³-hybridized carbons (Fsp3) is 0. The Morgan fingerprint density at radius 3 is 1.50 bits per heavy atom. The highest BCUT2D eigenvalue weighted by molar-refractivity contribution is 5.90. The summed E-state index contributed by atoms with van der Waals surface area (Å²) >= 11 is 0. The lowest BCUT2D eigenvalue weighted by molar-refractivity contribution is 0.473. The number of aliphatic imine (C=N–C) groups is 2. The Balaban J connectivity index is 1.60. The lowest BCUT2D eigenvalue weighted by atomic mass is 9.96. The van der Waals surface area contributed by atoms with E-state index in [0.717, 1.165) is 0 Å². The predicted octanol–water partition coefficient (Wildman–Crippen LogP) is 6.50. The molecule has 0 aliphatic heterocycles. The first-order valence-corrected chi connectivity index (χ1v) is 15.0. The van der Waals surface area contributed by atoms with Crippen LogP contribution >= 0.6 is 0 Å². The Kier molecular flexibility index (Phi) is 8.89. The molecule has 0 spiro atoms. The van der Waals surface area contributed by atoms with Gasteiger partial charge in [0.15, 0.2) is 0 Å². The van der Waals surface area contributed by atoms with Gasteiger partial charge in [-0.05, 0) is 77.9 Å². The number of nitrogens with zero attached hydrogens (tertiary/aromatic N) is 2. The first-order chi connectivity index (χ1) is 23.3. The molecule has 0 saturated heterocycles. The Labute approximate surface area is 276 Å². The molecule has 0 atom stereocenters. The predicted molar refractivity (Wildman–Crippen MR) is 194 cm³/mol. The minimum absolute atomic E-state index is 0.0596. The summed E-state index contributed by atoms with van der Waals surface area (Å²) in [5, 5.41) is 43.0. The highest BCUT2D eigenvalue weighted by Crippen LogP contribution is 2.30. The van der Waals surface area contributed by atoms with Crippen molar-refractivity contribution in [2.45, 2.75) is 0 Å². The number of anilines is 2. The first-order valence-electron chi connectivity index (χ1n) is 15.0. The van der Waals surface area contributed by atoms with E-state index in [0.29, 0.717) is 66.6 Å². The average Bonchev–Trinajstić information content (AvgIpc) is 3.08. The van der Waals surface area contributed by atoms with Gasteiger partial charge in [0.2, 0.25) is 0 Å². The van der Waals surface area contributed by atoms with E-state index in [4.69, 9.17) is 16.5 Å². The summed E-state index contributed by atoms with van der Waals surface area (Å²) in [6, 6.07) is 34.8. The van der Waals surface area contributed by atoms with Crippen LogP contribution in [-0.2, 0) is 0 Å². The summed E-state index contributed by atoms with van der Waals surface area (Å²) in [5.41, 5.74) is 18.6. The van der Waals surface area contributed by atoms with Gasteiger partial charge in [-0.1, -0.05) is 66.7 Å². The van der Waals surface area contributed by atoms with E-state index in [1.165, 1.54) is 6.21 Å². The summed E-state index contributed by atoms with van der Waals surface area (Å²) in [5.74, 6) is 0.313. The largest absolute Gasteiger partial charge is 0.507 e. The summed E-state index contributed by atoms with van der Waals surface area (Å²) in [6.07, 6.45) is 6.64. The van der Waals surface area contributed by atoms with Gasteiger partial charge in [-0.3, -0.25) is 9.98 Å². The zero-order valence-electron chi connectivity index (χ0n) is 25.7. The number of aromatic hydroxyl groups is 4. The molecule has 236 valence electrons. The number of nitrogens with two attached hydrogens (primary N) is 2. The molecular weight excluding hydrogens is 600 g/mol. The van der Waals surface area contributed by atoms with Crippen molar-refractivity contribution < 1.29 is 20.4 Å². The number of hydrogen-bond donors (Lipinski definition) is 6. The van der Waals surface area contributed by atoms with Gasteiger partial charge in [-0.2, -0.15) is 0 Å². The van der Waals surface area contributed by atoms with E-state index in [1.807, 2.05) is 24.3 Å². The third kappa shape index (κ3) is 6.73. The Morgan fingerprint density at radius 1 is 0.500 bits per heavy atom. The third-order valence-corrected chi connectivity index (χ3v) is 7.78. The van der Waals surface area contributed by atoms with Crippen LogP contribution in [0.25, 0.3) is 23.3 Å². The Morgan fingerprint density at radius 2 is 0.979 bits per heavy atom. The van der Waals surface area contributed by atoms with Crippen LogP contribution in [0.3, 0.4) is 0 Å². The number of hydrogen-bond acceptors (Lipinski definition) is 8. The van der Waals surface area contributed by atoms with Crippen LogP contribution < -0.4 is 21.9 Å². The van der Waals surface area contributed by atoms with E-state index >= 15 is 0 Å². The molecule has 8 heteroatoms. The lowest BCUT2D eigenvalue weighted by Gasteiger charge is -2.13. The van der Waals surface area contributed by atoms with Crippen molar-refractivity contribution >= 4 is 47.3 Å². The fourth-order valence-corrected chi connectivity index (χ4v) is 5.23. The third-order valence-electron chi connectivity index (χ3n) is 7.78. The molecular formula is C40H32N4O4. The van der Waals surface area contributed by atoms with Gasteiger partial charge in [0, 0.05) is 45.1 Å². The minimum Gasteiger partial charge on any atom is -0.507 e. The lowest BCUT2D eigenvalue weighted by Crippen LogP contribution is -2.19. The highest BCUT2D eigenvalue weighted by Gasteiger charge is 2.13. The molecule has 0 bridgehead atoms. The first kappa shape index (κ1) is 31.2. The number of phenols is 4. The van der Waals surface area contributed by atoms with Crippen molar-refractivity contribution in [1.29, 1.82) is 0 Å². The van der Waals surface area contributed by atoms with E-state index in [9.17, 15) is 20.4 Å². The van der Waals surface area contributed by atoms with Gasteiger partial charge in [-0.25, -0.2) is 0 Å². The van der Waals surface area contributed by atoms with Crippen molar-refractivity contribution in [2.75, 3.05) is 11.5 Å². The molecule has 0 saturated carbocycles. The highest BCUT2D eigenvalue weighted by atomic mass is 16.3. The van der Waals surface area contributed by atoms with Crippen molar-refractivity contribution in [1.82, 2.24) is 0 Å². The molecule has 6 rings (SSSR count). The van der Waals surface area contributed by atoms with Gasteiger partial charge in [0.25, 0.3) is 0 Å². The van der Waals surface area contributed by atoms with Gasteiger partial charge in [0.1, 0.15) is 23.0 Å². The summed E-state index contributed by atoms with van der Waals surface area (Å²) in [4.78, 5) is 9.24. The van der Waals surface area contributed by atoms with Gasteiger partial charge < -0.3 is 31.9 Å². The zero-order valence-corrected chi connectivity index (χ0v) is 25.7. The molecule has 6 aromatic rings. The van der Waals surface area contributed by atoms with Gasteiger partial charge in [-0.15, -0.1) is 0 Å². The monoisotopic (exact) mass is 632 g/mol. The number of rotatable bonds is 7. The smallest absolute Gasteiger partial charge is 0.124 e. The molecule has 48 heavy (non-hydrogen) atoms.